The molecule has 2 aromatic rings. The summed E-state index contributed by atoms with van der Waals surface area (Å²) in [6.45, 7) is 3.87. The summed E-state index contributed by atoms with van der Waals surface area (Å²) in [5.74, 6) is 0.349. The van der Waals surface area contributed by atoms with Crippen LogP contribution in [0.2, 0.25) is 5.02 Å². The first-order valence-corrected chi connectivity index (χ1v) is 7.74. The number of alkyl halides is 1. The van der Waals surface area contributed by atoms with Gasteiger partial charge in [0.1, 0.15) is 0 Å². The van der Waals surface area contributed by atoms with E-state index in [1.807, 2.05) is 13.8 Å². The average molecular weight is 370 g/mol. The molecular weight excluding hydrogens is 356 g/mol. The molecule has 0 spiro atoms. The van der Waals surface area contributed by atoms with Gasteiger partial charge in [-0.3, -0.25) is 9.78 Å². The van der Waals surface area contributed by atoms with E-state index >= 15 is 0 Å². The SMILES string of the molecule is CC(C)(Nc1ncc(C(=O)CBr)cn1)c1ncccc1Cl. The Balaban J connectivity index is 2.21. The number of nitrogens with one attached hydrogen (secondary N) is 1. The monoisotopic (exact) mass is 368 g/mol. The van der Waals surface area contributed by atoms with Gasteiger partial charge in [-0.05, 0) is 26.0 Å². The highest BCUT2D eigenvalue weighted by Gasteiger charge is 2.25. The number of halogens is 2. The average Bonchev–Trinajstić information content (AvgIpc) is 2.47. The molecule has 0 aliphatic rings. The molecule has 2 rings (SSSR count). The highest BCUT2D eigenvalue weighted by molar-refractivity contribution is 9.09. The number of carbonyl (C=O) groups is 1. The normalized spacial score (nSPS) is 11.2. The fourth-order valence-corrected chi connectivity index (χ4v) is 2.48. The smallest absolute Gasteiger partial charge is 0.223 e. The Morgan fingerprint density at radius 2 is 2.00 bits per heavy atom. The summed E-state index contributed by atoms with van der Waals surface area (Å²) < 4.78 is 0. The zero-order chi connectivity index (χ0) is 15.5. The van der Waals surface area contributed by atoms with Crippen molar-refractivity contribution in [2.24, 2.45) is 0 Å². The maximum absolute atomic E-state index is 11.5. The van der Waals surface area contributed by atoms with Crippen LogP contribution in [-0.2, 0) is 5.54 Å². The lowest BCUT2D eigenvalue weighted by atomic mass is 10.00. The van der Waals surface area contributed by atoms with Gasteiger partial charge in [0, 0.05) is 18.6 Å². The molecule has 0 fully saturated rings. The van der Waals surface area contributed by atoms with Crippen molar-refractivity contribution in [1.82, 2.24) is 15.0 Å². The van der Waals surface area contributed by atoms with E-state index in [1.165, 1.54) is 12.4 Å². The molecule has 0 bridgehead atoms. The van der Waals surface area contributed by atoms with Crippen molar-refractivity contribution < 1.29 is 4.79 Å². The van der Waals surface area contributed by atoms with E-state index < -0.39 is 5.54 Å². The van der Waals surface area contributed by atoms with E-state index in [-0.39, 0.29) is 11.1 Å². The van der Waals surface area contributed by atoms with Crippen molar-refractivity contribution in [1.29, 1.82) is 0 Å². The number of hydrogen-bond acceptors (Lipinski definition) is 5. The highest BCUT2D eigenvalue weighted by Crippen LogP contribution is 2.27. The molecule has 21 heavy (non-hydrogen) atoms. The molecule has 2 heterocycles. The van der Waals surface area contributed by atoms with Crippen LogP contribution in [0.1, 0.15) is 29.9 Å². The summed E-state index contributed by atoms with van der Waals surface area (Å²) in [5.41, 5.74) is 0.626. The van der Waals surface area contributed by atoms with Crippen molar-refractivity contribution in [3.63, 3.8) is 0 Å². The lowest BCUT2D eigenvalue weighted by molar-refractivity contribution is 0.102. The molecule has 1 N–H and O–H groups in total. The molecule has 0 aliphatic carbocycles. The van der Waals surface area contributed by atoms with Crippen molar-refractivity contribution >= 4 is 39.3 Å². The Bertz CT molecular complexity index is 646. The van der Waals surface area contributed by atoms with Crippen LogP contribution in [0.25, 0.3) is 0 Å². The molecule has 2 aromatic heterocycles. The molecular formula is C14H14BrClN4O. The first-order valence-electron chi connectivity index (χ1n) is 6.24. The lowest BCUT2D eigenvalue weighted by Crippen LogP contribution is -2.30. The quantitative estimate of drug-likeness (QED) is 0.646. The van der Waals surface area contributed by atoms with Gasteiger partial charge in [-0.1, -0.05) is 27.5 Å². The van der Waals surface area contributed by atoms with E-state index in [0.29, 0.717) is 22.2 Å². The van der Waals surface area contributed by atoms with Gasteiger partial charge in [0.05, 0.1) is 27.1 Å². The Morgan fingerprint density at radius 3 is 2.57 bits per heavy atom. The Kier molecular flexibility index (Phi) is 4.90. The van der Waals surface area contributed by atoms with Crippen LogP contribution in [-0.4, -0.2) is 26.1 Å². The van der Waals surface area contributed by atoms with Crippen LogP contribution in [0.3, 0.4) is 0 Å². The summed E-state index contributed by atoms with van der Waals surface area (Å²) in [7, 11) is 0. The third-order valence-electron chi connectivity index (χ3n) is 2.87. The molecule has 110 valence electrons. The standard InChI is InChI=1S/C14H14BrClN4O/c1-14(2,12-10(16)4-3-5-17-12)20-13-18-7-9(8-19-13)11(21)6-15/h3-5,7-8H,6H2,1-2H3,(H,18,19,20). The van der Waals surface area contributed by atoms with Gasteiger partial charge in [0.15, 0.2) is 5.78 Å². The topological polar surface area (TPSA) is 67.8 Å². The fraction of sp³-hybridized carbons (Fsp3) is 0.286. The van der Waals surface area contributed by atoms with Gasteiger partial charge >= 0.3 is 0 Å². The third kappa shape index (κ3) is 3.77. The summed E-state index contributed by atoms with van der Waals surface area (Å²) in [4.78, 5) is 24.1. The fourth-order valence-electron chi connectivity index (χ4n) is 1.80. The van der Waals surface area contributed by atoms with Crippen molar-refractivity contribution in [2.75, 3.05) is 10.6 Å². The minimum atomic E-state index is -0.542. The number of hydrogen-bond donors (Lipinski definition) is 1. The van der Waals surface area contributed by atoms with Crippen LogP contribution in [0.5, 0.6) is 0 Å². The third-order valence-corrected chi connectivity index (χ3v) is 3.68. The molecule has 0 aliphatic heterocycles. The van der Waals surface area contributed by atoms with E-state index in [0.717, 1.165) is 0 Å². The molecule has 5 nitrogen and oxygen atoms in total. The number of Topliss-reactive ketones (excluding diaryl/α,β-unsaturated/α-hetero) is 1. The number of anilines is 1. The molecule has 0 atom stereocenters. The molecule has 0 saturated heterocycles. The Labute approximate surface area is 136 Å². The van der Waals surface area contributed by atoms with Gasteiger partial charge in [0.25, 0.3) is 0 Å². The van der Waals surface area contributed by atoms with E-state index in [9.17, 15) is 4.79 Å². The minimum absolute atomic E-state index is 0.0615. The maximum Gasteiger partial charge on any atom is 0.223 e. The van der Waals surface area contributed by atoms with E-state index in [2.05, 4.69) is 36.2 Å². The number of carbonyl (C=O) groups excluding carboxylic acids is 1. The highest BCUT2D eigenvalue weighted by atomic mass is 79.9. The van der Waals surface area contributed by atoms with Gasteiger partial charge in [0.2, 0.25) is 5.95 Å². The lowest BCUT2D eigenvalue weighted by Gasteiger charge is -2.26. The van der Waals surface area contributed by atoms with Crippen LogP contribution < -0.4 is 5.32 Å². The van der Waals surface area contributed by atoms with Crippen LogP contribution >= 0.6 is 27.5 Å². The largest absolute Gasteiger partial charge is 0.344 e. The van der Waals surface area contributed by atoms with Gasteiger partial charge in [-0.25, -0.2) is 9.97 Å². The van der Waals surface area contributed by atoms with Gasteiger partial charge in [-0.2, -0.15) is 0 Å². The van der Waals surface area contributed by atoms with Gasteiger partial charge < -0.3 is 5.32 Å². The second kappa shape index (κ2) is 6.49. The Hall–Kier alpha value is -1.53. The number of aromatic nitrogens is 3. The second-order valence-corrected chi connectivity index (χ2v) is 5.90. The van der Waals surface area contributed by atoms with Crippen LogP contribution in [0, 0.1) is 0 Å². The van der Waals surface area contributed by atoms with Crippen molar-refractivity contribution in [2.45, 2.75) is 19.4 Å². The second-order valence-electron chi connectivity index (χ2n) is 4.94. The van der Waals surface area contributed by atoms with E-state index in [4.69, 9.17) is 11.6 Å². The number of rotatable bonds is 5. The summed E-state index contributed by atoms with van der Waals surface area (Å²) >= 11 is 9.28. The predicted molar refractivity (Wildman–Crippen MR) is 86.1 cm³/mol. The predicted octanol–water partition coefficient (Wildman–Crippen LogP) is 3.45. The zero-order valence-corrected chi connectivity index (χ0v) is 13.9. The maximum atomic E-state index is 11.5. The summed E-state index contributed by atoms with van der Waals surface area (Å²) in [6.07, 6.45) is 4.67. The Morgan fingerprint density at radius 1 is 1.33 bits per heavy atom. The molecule has 0 radical (unpaired) electrons. The first-order chi connectivity index (χ1) is 9.94. The van der Waals surface area contributed by atoms with Crippen molar-refractivity contribution in [3.05, 3.63) is 47.0 Å². The summed E-state index contributed by atoms with van der Waals surface area (Å²) in [5, 5.41) is 3.99. The number of pyridine rings is 1. The minimum Gasteiger partial charge on any atom is -0.344 e. The van der Waals surface area contributed by atoms with E-state index in [1.54, 1.807) is 18.3 Å². The molecule has 0 unspecified atom stereocenters. The van der Waals surface area contributed by atoms with Crippen molar-refractivity contribution in [3.8, 4) is 0 Å². The summed E-state index contributed by atoms with van der Waals surface area (Å²) in [6, 6.07) is 3.56. The van der Waals surface area contributed by atoms with Crippen LogP contribution in [0.4, 0.5) is 5.95 Å². The zero-order valence-electron chi connectivity index (χ0n) is 11.6. The molecule has 0 aromatic carbocycles. The number of nitrogens with zero attached hydrogens (tertiary/aromatic N) is 3. The van der Waals surface area contributed by atoms with Crippen LogP contribution in [0.15, 0.2) is 30.7 Å². The molecule has 0 saturated carbocycles. The molecule has 7 heteroatoms. The van der Waals surface area contributed by atoms with Gasteiger partial charge in [-0.15, -0.1) is 0 Å². The number of ketones is 1. The molecule has 0 amide bonds. The first kappa shape index (κ1) is 15.9.